The number of rotatable bonds is 4. The lowest BCUT2D eigenvalue weighted by atomic mass is 10.1. The number of benzene rings is 1. The second-order valence-corrected chi connectivity index (χ2v) is 5.45. The molecule has 0 bridgehead atoms. The van der Waals surface area contributed by atoms with Gasteiger partial charge in [0.05, 0.1) is 5.69 Å². The standard InChI is InChI=1S/C15H17BrN2O/c1-10-4-3-5-13(18-10)9-19-15-8-12(16)6-7-14(15)11(2)17/h3-8,11H,9,17H2,1-2H3. The first kappa shape index (κ1) is 14.0. The highest BCUT2D eigenvalue weighted by Gasteiger charge is 2.09. The molecule has 0 aliphatic rings. The Morgan fingerprint density at radius 3 is 2.79 bits per heavy atom. The molecular formula is C15H17BrN2O. The quantitative estimate of drug-likeness (QED) is 0.933. The maximum absolute atomic E-state index is 5.95. The van der Waals surface area contributed by atoms with Gasteiger partial charge in [0.1, 0.15) is 12.4 Å². The predicted molar refractivity (Wildman–Crippen MR) is 80.1 cm³/mol. The highest BCUT2D eigenvalue weighted by atomic mass is 79.9. The van der Waals surface area contributed by atoms with E-state index >= 15 is 0 Å². The summed E-state index contributed by atoms with van der Waals surface area (Å²) in [6.07, 6.45) is 0. The fourth-order valence-corrected chi connectivity index (χ4v) is 2.18. The predicted octanol–water partition coefficient (Wildman–Crippen LogP) is 3.75. The summed E-state index contributed by atoms with van der Waals surface area (Å²) < 4.78 is 6.82. The van der Waals surface area contributed by atoms with Crippen molar-refractivity contribution in [2.24, 2.45) is 5.73 Å². The van der Waals surface area contributed by atoms with Crippen LogP contribution in [-0.2, 0) is 6.61 Å². The van der Waals surface area contributed by atoms with Gasteiger partial charge in [-0.3, -0.25) is 4.98 Å². The molecule has 0 saturated heterocycles. The van der Waals surface area contributed by atoms with Gasteiger partial charge in [0.25, 0.3) is 0 Å². The summed E-state index contributed by atoms with van der Waals surface area (Å²) in [6, 6.07) is 11.7. The normalized spacial score (nSPS) is 12.2. The maximum Gasteiger partial charge on any atom is 0.130 e. The summed E-state index contributed by atoms with van der Waals surface area (Å²) in [5.74, 6) is 0.799. The number of ether oxygens (including phenoxy) is 1. The molecular weight excluding hydrogens is 304 g/mol. The minimum atomic E-state index is -0.0615. The van der Waals surface area contributed by atoms with Crippen LogP contribution in [0.25, 0.3) is 0 Å². The first-order chi connectivity index (χ1) is 9.06. The third kappa shape index (κ3) is 3.78. The van der Waals surface area contributed by atoms with Crippen molar-refractivity contribution in [2.45, 2.75) is 26.5 Å². The molecule has 1 unspecified atom stereocenters. The minimum Gasteiger partial charge on any atom is -0.487 e. The van der Waals surface area contributed by atoms with Crippen molar-refractivity contribution in [1.82, 2.24) is 4.98 Å². The van der Waals surface area contributed by atoms with Gasteiger partial charge in [0.2, 0.25) is 0 Å². The molecule has 3 nitrogen and oxygen atoms in total. The van der Waals surface area contributed by atoms with E-state index in [-0.39, 0.29) is 6.04 Å². The first-order valence-corrected chi connectivity index (χ1v) is 6.96. The highest BCUT2D eigenvalue weighted by Crippen LogP contribution is 2.28. The molecule has 0 fully saturated rings. The maximum atomic E-state index is 5.95. The third-order valence-electron chi connectivity index (χ3n) is 2.79. The van der Waals surface area contributed by atoms with E-state index in [1.54, 1.807) is 0 Å². The van der Waals surface area contributed by atoms with Crippen molar-refractivity contribution in [3.63, 3.8) is 0 Å². The molecule has 2 rings (SSSR count). The Bertz CT molecular complexity index is 570. The number of halogens is 1. The number of aryl methyl sites for hydroxylation is 1. The second-order valence-electron chi connectivity index (χ2n) is 4.53. The fourth-order valence-electron chi connectivity index (χ4n) is 1.84. The van der Waals surface area contributed by atoms with Gasteiger partial charge in [0, 0.05) is 21.8 Å². The molecule has 1 atom stereocenters. The molecule has 4 heteroatoms. The molecule has 0 radical (unpaired) electrons. The summed E-state index contributed by atoms with van der Waals surface area (Å²) in [4.78, 5) is 4.42. The van der Waals surface area contributed by atoms with E-state index in [4.69, 9.17) is 10.5 Å². The summed E-state index contributed by atoms with van der Waals surface area (Å²) >= 11 is 3.45. The van der Waals surface area contributed by atoms with E-state index in [0.717, 1.165) is 27.2 Å². The Morgan fingerprint density at radius 2 is 2.11 bits per heavy atom. The smallest absolute Gasteiger partial charge is 0.130 e. The molecule has 0 aliphatic carbocycles. The monoisotopic (exact) mass is 320 g/mol. The molecule has 0 amide bonds. The van der Waals surface area contributed by atoms with Crippen molar-refractivity contribution in [1.29, 1.82) is 0 Å². The molecule has 1 aromatic heterocycles. The van der Waals surface area contributed by atoms with Gasteiger partial charge in [-0.2, -0.15) is 0 Å². The van der Waals surface area contributed by atoms with Gasteiger partial charge in [-0.1, -0.05) is 28.1 Å². The number of hydrogen-bond acceptors (Lipinski definition) is 3. The minimum absolute atomic E-state index is 0.0615. The lowest BCUT2D eigenvalue weighted by Crippen LogP contribution is -2.08. The zero-order valence-corrected chi connectivity index (χ0v) is 12.6. The Kier molecular flexibility index (Phi) is 4.56. The van der Waals surface area contributed by atoms with Crippen molar-refractivity contribution in [3.8, 4) is 5.75 Å². The van der Waals surface area contributed by atoms with Crippen LogP contribution >= 0.6 is 15.9 Å². The van der Waals surface area contributed by atoms with Crippen LogP contribution in [0.1, 0.15) is 29.9 Å². The van der Waals surface area contributed by atoms with Crippen LogP contribution in [0.4, 0.5) is 0 Å². The topological polar surface area (TPSA) is 48.1 Å². The number of nitrogens with zero attached hydrogens (tertiary/aromatic N) is 1. The Balaban J connectivity index is 2.17. The van der Waals surface area contributed by atoms with Crippen LogP contribution in [0.5, 0.6) is 5.75 Å². The van der Waals surface area contributed by atoms with Crippen LogP contribution in [0.15, 0.2) is 40.9 Å². The van der Waals surface area contributed by atoms with Crippen LogP contribution < -0.4 is 10.5 Å². The summed E-state index contributed by atoms with van der Waals surface area (Å²) in [5, 5.41) is 0. The van der Waals surface area contributed by atoms with Crippen LogP contribution in [0.2, 0.25) is 0 Å². The van der Waals surface area contributed by atoms with Crippen molar-refractivity contribution >= 4 is 15.9 Å². The van der Waals surface area contributed by atoms with Crippen LogP contribution in [-0.4, -0.2) is 4.98 Å². The average molecular weight is 321 g/mol. The molecule has 1 heterocycles. The molecule has 2 N–H and O–H groups in total. The molecule has 100 valence electrons. The van der Waals surface area contributed by atoms with Gasteiger partial charge in [-0.05, 0) is 38.1 Å². The number of aromatic nitrogens is 1. The average Bonchev–Trinajstić information content (AvgIpc) is 2.36. The van der Waals surface area contributed by atoms with Crippen LogP contribution in [0, 0.1) is 6.92 Å². The summed E-state index contributed by atoms with van der Waals surface area (Å²) in [6.45, 7) is 4.36. The van der Waals surface area contributed by atoms with Gasteiger partial charge >= 0.3 is 0 Å². The van der Waals surface area contributed by atoms with E-state index < -0.39 is 0 Å². The number of hydrogen-bond donors (Lipinski definition) is 1. The van der Waals surface area contributed by atoms with Crippen LogP contribution in [0.3, 0.4) is 0 Å². The Labute approximate surface area is 121 Å². The zero-order valence-electron chi connectivity index (χ0n) is 11.1. The van der Waals surface area contributed by atoms with Crippen molar-refractivity contribution in [3.05, 3.63) is 57.8 Å². The first-order valence-electron chi connectivity index (χ1n) is 6.16. The lowest BCUT2D eigenvalue weighted by molar-refractivity contribution is 0.296. The molecule has 0 aliphatic heterocycles. The van der Waals surface area contributed by atoms with Gasteiger partial charge in [-0.15, -0.1) is 0 Å². The second kappa shape index (κ2) is 6.17. The molecule has 19 heavy (non-hydrogen) atoms. The summed E-state index contributed by atoms with van der Waals surface area (Å²) in [7, 11) is 0. The van der Waals surface area contributed by atoms with E-state index in [1.807, 2.05) is 50.2 Å². The Morgan fingerprint density at radius 1 is 1.32 bits per heavy atom. The SMILES string of the molecule is Cc1cccc(COc2cc(Br)ccc2C(C)N)n1. The lowest BCUT2D eigenvalue weighted by Gasteiger charge is -2.14. The van der Waals surface area contributed by atoms with Gasteiger partial charge in [0.15, 0.2) is 0 Å². The molecule has 0 saturated carbocycles. The number of pyridine rings is 1. The van der Waals surface area contributed by atoms with E-state index in [1.165, 1.54) is 0 Å². The van der Waals surface area contributed by atoms with E-state index in [0.29, 0.717) is 6.61 Å². The fraction of sp³-hybridized carbons (Fsp3) is 0.267. The molecule has 0 spiro atoms. The van der Waals surface area contributed by atoms with E-state index in [9.17, 15) is 0 Å². The van der Waals surface area contributed by atoms with Crippen molar-refractivity contribution < 1.29 is 4.74 Å². The van der Waals surface area contributed by atoms with Gasteiger partial charge in [-0.25, -0.2) is 0 Å². The number of nitrogens with two attached hydrogens (primary N) is 1. The van der Waals surface area contributed by atoms with Crippen molar-refractivity contribution in [2.75, 3.05) is 0 Å². The summed E-state index contributed by atoms with van der Waals surface area (Å²) in [5.41, 5.74) is 8.84. The zero-order chi connectivity index (χ0) is 13.8. The Hall–Kier alpha value is -1.39. The molecule has 1 aromatic carbocycles. The molecule has 2 aromatic rings. The van der Waals surface area contributed by atoms with Gasteiger partial charge < -0.3 is 10.5 Å². The largest absolute Gasteiger partial charge is 0.487 e. The highest BCUT2D eigenvalue weighted by molar-refractivity contribution is 9.10. The third-order valence-corrected chi connectivity index (χ3v) is 3.28. The van der Waals surface area contributed by atoms with E-state index in [2.05, 4.69) is 20.9 Å².